The van der Waals surface area contributed by atoms with E-state index >= 15 is 0 Å². The van der Waals surface area contributed by atoms with Crippen LogP contribution in [0.25, 0.3) is 0 Å². The van der Waals surface area contributed by atoms with Gasteiger partial charge in [-0.05, 0) is 37.6 Å². The van der Waals surface area contributed by atoms with E-state index in [0.29, 0.717) is 11.7 Å². The number of nitrogen functional groups attached to an aromatic ring is 1. The Balaban J connectivity index is 1.79. The van der Waals surface area contributed by atoms with Gasteiger partial charge in [0.15, 0.2) is 0 Å². The quantitative estimate of drug-likeness (QED) is 0.784. The molecular weight excluding hydrogens is 242 g/mol. The molecule has 3 rings (SSSR count). The van der Waals surface area contributed by atoms with Gasteiger partial charge in [0.25, 0.3) is 0 Å². The molecule has 2 fully saturated rings. The molecule has 1 atom stereocenters. The van der Waals surface area contributed by atoms with Gasteiger partial charge in [0.2, 0.25) is 0 Å². The van der Waals surface area contributed by atoms with Crippen molar-refractivity contribution in [3.05, 3.63) is 23.8 Å². The van der Waals surface area contributed by atoms with E-state index < -0.39 is 5.97 Å². The SMILES string of the molecule is Nc1cc(N2CCN3CCCC3C2)ccc1C(=O)O. The molecule has 2 aliphatic rings. The Morgan fingerprint density at radius 2 is 2.16 bits per heavy atom. The van der Waals surface area contributed by atoms with E-state index in [4.69, 9.17) is 10.8 Å². The summed E-state index contributed by atoms with van der Waals surface area (Å²) in [6, 6.07) is 5.90. The van der Waals surface area contributed by atoms with Gasteiger partial charge in [0.1, 0.15) is 0 Å². The summed E-state index contributed by atoms with van der Waals surface area (Å²) in [5, 5.41) is 8.99. The minimum absolute atomic E-state index is 0.184. The topological polar surface area (TPSA) is 69.8 Å². The van der Waals surface area contributed by atoms with Crippen molar-refractivity contribution < 1.29 is 9.90 Å². The standard InChI is InChI=1S/C14H19N3O2/c15-13-8-10(3-4-12(13)14(18)19)17-7-6-16-5-1-2-11(16)9-17/h3-4,8,11H,1-2,5-7,9,15H2,(H,18,19). The van der Waals surface area contributed by atoms with Crippen molar-refractivity contribution in [3.63, 3.8) is 0 Å². The predicted octanol–water partition coefficient (Wildman–Crippen LogP) is 1.25. The molecule has 5 nitrogen and oxygen atoms in total. The first-order chi connectivity index (χ1) is 9.15. The van der Waals surface area contributed by atoms with Crippen LogP contribution in [-0.2, 0) is 0 Å². The molecule has 19 heavy (non-hydrogen) atoms. The third-order valence-corrected chi connectivity index (χ3v) is 4.22. The first-order valence-electron chi connectivity index (χ1n) is 6.77. The highest BCUT2D eigenvalue weighted by Crippen LogP contribution is 2.27. The fourth-order valence-electron chi connectivity index (χ4n) is 3.17. The van der Waals surface area contributed by atoms with Crippen LogP contribution in [0.4, 0.5) is 11.4 Å². The summed E-state index contributed by atoms with van der Waals surface area (Å²) in [6.07, 6.45) is 2.55. The van der Waals surface area contributed by atoms with E-state index in [1.54, 1.807) is 12.1 Å². The summed E-state index contributed by atoms with van der Waals surface area (Å²) < 4.78 is 0. The molecular formula is C14H19N3O2. The Labute approximate surface area is 112 Å². The van der Waals surface area contributed by atoms with E-state index in [-0.39, 0.29) is 5.56 Å². The lowest BCUT2D eigenvalue weighted by molar-refractivity contribution is 0.0698. The number of carboxylic acids is 1. The monoisotopic (exact) mass is 261 g/mol. The molecule has 1 aromatic rings. The number of fused-ring (bicyclic) bond motifs is 1. The van der Waals surface area contributed by atoms with E-state index in [9.17, 15) is 4.79 Å². The molecule has 0 saturated carbocycles. The van der Waals surface area contributed by atoms with Gasteiger partial charge in [-0.3, -0.25) is 4.90 Å². The zero-order chi connectivity index (χ0) is 13.4. The average Bonchev–Trinajstić information content (AvgIpc) is 2.85. The van der Waals surface area contributed by atoms with E-state index in [1.165, 1.54) is 19.4 Å². The molecule has 3 N–H and O–H groups in total. The molecule has 0 amide bonds. The summed E-state index contributed by atoms with van der Waals surface area (Å²) in [4.78, 5) is 15.8. The third kappa shape index (κ3) is 2.26. The third-order valence-electron chi connectivity index (χ3n) is 4.22. The molecule has 1 aromatic carbocycles. The van der Waals surface area contributed by atoms with E-state index in [0.717, 1.165) is 25.3 Å². The van der Waals surface area contributed by atoms with Crippen molar-refractivity contribution in [3.8, 4) is 0 Å². The lowest BCUT2D eigenvalue weighted by Crippen LogP contribution is -2.50. The summed E-state index contributed by atoms with van der Waals surface area (Å²) in [5.74, 6) is -0.968. The van der Waals surface area contributed by atoms with Crippen molar-refractivity contribution in [1.29, 1.82) is 0 Å². The number of hydrogen-bond donors (Lipinski definition) is 2. The normalized spacial score (nSPS) is 23.4. The molecule has 0 aliphatic carbocycles. The van der Waals surface area contributed by atoms with Gasteiger partial charge in [-0.1, -0.05) is 0 Å². The summed E-state index contributed by atoms with van der Waals surface area (Å²) in [6.45, 7) is 4.32. The Bertz CT molecular complexity index is 503. The van der Waals surface area contributed by atoms with Gasteiger partial charge in [0.05, 0.1) is 5.56 Å². The van der Waals surface area contributed by atoms with Crippen molar-refractivity contribution in [2.75, 3.05) is 36.8 Å². The number of nitrogens with zero attached hydrogens (tertiary/aromatic N) is 2. The number of aromatic carboxylic acids is 1. The van der Waals surface area contributed by atoms with Gasteiger partial charge in [0, 0.05) is 37.1 Å². The molecule has 0 bridgehead atoms. The zero-order valence-corrected chi connectivity index (χ0v) is 10.9. The minimum atomic E-state index is -0.968. The summed E-state index contributed by atoms with van der Waals surface area (Å²) in [7, 11) is 0. The molecule has 0 aromatic heterocycles. The van der Waals surface area contributed by atoms with Crippen molar-refractivity contribution >= 4 is 17.3 Å². The highest BCUT2D eigenvalue weighted by molar-refractivity contribution is 5.94. The number of carbonyl (C=O) groups is 1. The van der Waals surface area contributed by atoms with Crippen LogP contribution in [0.15, 0.2) is 18.2 Å². The van der Waals surface area contributed by atoms with Gasteiger partial charge < -0.3 is 15.7 Å². The van der Waals surface area contributed by atoms with Crippen LogP contribution >= 0.6 is 0 Å². The number of nitrogens with two attached hydrogens (primary N) is 1. The van der Waals surface area contributed by atoms with Crippen LogP contribution < -0.4 is 10.6 Å². The zero-order valence-electron chi connectivity index (χ0n) is 10.9. The van der Waals surface area contributed by atoms with Crippen LogP contribution in [-0.4, -0.2) is 48.2 Å². The molecule has 1 unspecified atom stereocenters. The first-order valence-corrected chi connectivity index (χ1v) is 6.77. The molecule has 102 valence electrons. The molecule has 2 aliphatic heterocycles. The van der Waals surface area contributed by atoms with Crippen LogP contribution in [0.1, 0.15) is 23.2 Å². The maximum atomic E-state index is 11.0. The van der Waals surface area contributed by atoms with Crippen LogP contribution in [0.2, 0.25) is 0 Å². The molecule has 2 saturated heterocycles. The van der Waals surface area contributed by atoms with Crippen molar-refractivity contribution in [2.24, 2.45) is 0 Å². The molecule has 5 heteroatoms. The fourth-order valence-corrected chi connectivity index (χ4v) is 3.17. The second kappa shape index (κ2) is 4.74. The second-order valence-electron chi connectivity index (χ2n) is 5.35. The number of piperazine rings is 1. The number of carboxylic acid groups (broad SMARTS) is 1. The summed E-state index contributed by atoms with van der Waals surface area (Å²) in [5.41, 5.74) is 7.38. The smallest absolute Gasteiger partial charge is 0.337 e. The maximum absolute atomic E-state index is 11.0. The lowest BCUT2D eigenvalue weighted by atomic mass is 10.1. The van der Waals surface area contributed by atoms with E-state index in [2.05, 4.69) is 9.80 Å². The lowest BCUT2D eigenvalue weighted by Gasteiger charge is -2.39. The second-order valence-corrected chi connectivity index (χ2v) is 5.35. The Hall–Kier alpha value is -1.75. The minimum Gasteiger partial charge on any atom is -0.478 e. The predicted molar refractivity (Wildman–Crippen MR) is 74.6 cm³/mol. The maximum Gasteiger partial charge on any atom is 0.337 e. The van der Waals surface area contributed by atoms with Gasteiger partial charge in [-0.15, -0.1) is 0 Å². The molecule has 0 spiro atoms. The van der Waals surface area contributed by atoms with Crippen molar-refractivity contribution in [2.45, 2.75) is 18.9 Å². The molecule has 0 radical (unpaired) electrons. The summed E-state index contributed by atoms with van der Waals surface area (Å²) >= 11 is 0. The Morgan fingerprint density at radius 1 is 1.32 bits per heavy atom. The first kappa shape index (κ1) is 12.3. The fraction of sp³-hybridized carbons (Fsp3) is 0.500. The average molecular weight is 261 g/mol. The van der Waals surface area contributed by atoms with Crippen molar-refractivity contribution in [1.82, 2.24) is 4.90 Å². The highest BCUT2D eigenvalue weighted by Gasteiger charge is 2.30. The van der Waals surface area contributed by atoms with Crippen LogP contribution in [0, 0.1) is 0 Å². The number of hydrogen-bond acceptors (Lipinski definition) is 4. The Morgan fingerprint density at radius 3 is 2.89 bits per heavy atom. The van der Waals surface area contributed by atoms with Crippen LogP contribution in [0.5, 0.6) is 0 Å². The number of benzene rings is 1. The Kier molecular flexibility index (Phi) is 3.06. The van der Waals surface area contributed by atoms with Gasteiger partial charge in [-0.2, -0.15) is 0 Å². The van der Waals surface area contributed by atoms with Gasteiger partial charge >= 0.3 is 5.97 Å². The molecule has 2 heterocycles. The van der Waals surface area contributed by atoms with E-state index in [1.807, 2.05) is 6.07 Å². The number of rotatable bonds is 2. The largest absolute Gasteiger partial charge is 0.478 e. The highest BCUT2D eigenvalue weighted by atomic mass is 16.4. The van der Waals surface area contributed by atoms with Gasteiger partial charge in [-0.25, -0.2) is 4.79 Å². The number of anilines is 2. The van der Waals surface area contributed by atoms with Crippen LogP contribution in [0.3, 0.4) is 0 Å².